The Hall–Kier alpha value is -0.780. The first-order valence-corrected chi connectivity index (χ1v) is 8.23. The van der Waals surface area contributed by atoms with Crippen LogP contribution in [0.15, 0.2) is 0 Å². The third-order valence-corrected chi connectivity index (χ3v) is 5.36. The molecule has 1 amide bonds. The Morgan fingerprint density at radius 2 is 1.78 bits per heavy atom. The van der Waals surface area contributed by atoms with Crippen LogP contribution in [0.25, 0.3) is 0 Å². The number of amides is 1. The molecule has 2 aliphatic heterocycles. The molecule has 0 bridgehead atoms. The van der Waals surface area contributed by atoms with Crippen LogP contribution in [0.4, 0.5) is 4.79 Å². The zero-order valence-corrected chi connectivity index (χ0v) is 12.1. The van der Waals surface area contributed by atoms with E-state index in [1.165, 1.54) is 0 Å². The van der Waals surface area contributed by atoms with E-state index >= 15 is 0 Å². The fourth-order valence-electron chi connectivity index (χ4n) is 2.53. The van der Waals surface area contributed by atoms with Gasteiger partial charge in [0.05, 0.1) is 0 Å². The Morgan fingerprint density at radius 3 is 2.22 bits per heavy atom. The van der Waals surface area contributed by atoms with Crippen molar-refractivity contribution in [2.24, 2.45) is 5.41 Å². The molecular weight excluding hydrogens is 252 g/mol. The second kappa shape index (κ2) is 4.11. The zero-order valence-electron chi connectivity index (χ0n) is 11.3. The molecule has 0 atom stereocenters. The first kappa shape index (κ1) is 13.6. The molecule has 6 heteroatoms. The molecule has 2 aliphatic rings. The summed E-state index contributed by atoms with van der Waals surface area (Å²) in [5.41, 5.74) is -0.346. The number of rotatable bonds is 0. The maximum atomic E-state index is 11.8. The average Bonchev–Trinajstić information content (AvgIpc) is 2.12. The van der Waals surface area contributed by atoms with Crippen LogP contribution in [0.3, 0.4) is 0 Å². The molecule has 0 aliphatic carbocycles. The third-order valence-electron chi connectivity index (χ3n) is 3.63. The molecule has 0 aromatic heterocycles. The Morgan fingerprint density at radius 1 is 1.28 bits per heavy atom. The van der Waals surface area contributed by atoms with Gasteiger partial charge in [0.2, 0.25) is 0 Å². The van der Waals surface area contributed by atoms with Crippen molar-refractivity contribution in [3.63, 3.8) is 0 Å². The SMILES string of the molecule is CC(C)(C)OC(=O)N1CC2(CCS(=N)(=O)CC2)C1. The summed E-state index contributed by atoms with van der Waals surface area (Å²) in [6, 6.07) is 0. The Kier molecular flexibility index (Phi) is 3.12. The number of carbonyl (C=O) groups excluding carboxylic acids is 1. The van der Waals surface area contributed by atoms with Crippen LogP contribution in [0.2, 0.25) is 0 Å². The van der Waals surface area contributed by atoms with Crippen LogP contribution in [-0.4, -0.2) is 45.4 Å². The minimum Gasteiger partial charge on any atom is -0.444 e. The molecule has 0 aromatic carbocycles. The predicted octanol–water partition coefficient (Wildman–Crippen LogP) is 2.06. The summed E-state index contributed by atoms with van der Waals surface area (Å²) in [6.07, 6.45) is 1.34. The van der Waals surface area contributed by atoms with Gasteiger partial charge in [-0.05, 0) is 33.6 Å². The summed E-state index contributed by atoms with van der Waals surface area (Å²) in [4.78, 5) is 13.5. The lowest BCUT2D eigenvalue weighted by Crippen LogP contribution is -2.61. The monoisotopic (exact) mass is 274 g/mol. The highest BCUT2D eigenvalue weighted by Gasteiger charge is 2.48. The normalized spacial score (nSPS) is 25.6. The number of ether oxygens (including phenoxy) is 1. The summed E-state index contributed by atoms with van der Waals surface area (Å²) >= 11 is 0. The standard InChI is InChI=1S/C12H22N2O3S/c1-11(2,3)17-10(15)14-8-12(9-14)4-6-18(13,16)7-5-12/h13H,4-9H2,1-3H3. The van der Waals surface area contributed by atoms with E-state index < -0.39 is 15.3 Å². The molecular formula is C12H22N2O3S. The second-order valence-electron chi connectivity index (χ2n) is 6.56. The van der Waals surface area contributed by atoms with Gasteiger partial charge in [-0.2, -0.15) is 0 Å². The van der Waals surface area contributed by atoms with E-state index in [-0.39, 0.29) is 11.5 Å². The third kappa shape index (κ3) is 2.96. The number of nitrogens with zero attached hydrogens (tertiary/aromatic N) is 1. The largest absolute Gasteiger partial charge is 0.444 e. The van der Waals surface area contributed by atoms with Gasteiger partial charge < -0.3 is 9.64 Å². The molecule has 2 saturated heterocycles. The van der Waals surface area contributed by atoms with Gasteiger partial charge in [-0.3, -0.25) is 4.78 Å². The number of hydrogen-bond acceptors (Lipinski definition) is 4. The van der Waals surface area contributed by atoms with E-state index in [4.69, 9.17) is 9.52 Å². The molecule has 5 nitrogen and oxygen atoms in total. The Balaban J connectivity index is 1.86. The van der Waals surface area contributed by atoms with Crippen LogP contribution in [0, 0.1) is 10.2 Å². The first-order valence-electron chi connectivity index (χ1n) is 6.33. The molecule has 2 heterocycles. The van der Waals surface area contributed by atoms with Gasteiger partial charge >= 0.3 is 6.09 Å². The summed E-state index contributed by atoms with van der Waals surface area (Å²) in [5, 5.41) is 0. The van der Waals surface area contributed by atoms with E-state index in [1.54, 1.807) is 4.90 Å². The van der Waals surface area contributed by atoms with Gasteiger partial charge in [-0.1, -0.05) is 0 Å². The minimum atomic E-state index is -2.33. The van der Waals surface area contributed by atoms with Crippen LogP contribution >= 0.6 is 0 Å². The molecule has 104 valence electrons. The van der Waals surface area contributed by atoms with Crippen molar-refractivity contribution in [3.8, 4) is 0 Å². The van der Waals surface area contributed by atoms with Crippen molar-refractivity contribution >= 4 is 15.8 Å². The number of hydrogen-bond donors (Lipinski definition) is 1. The molecule has 1 spiro atoms. The average molecular weight is 274 g/mol. The highest BCUT2D eigenvalue weighted by molar-refractivity contribution is 7.92. The van der Waals surface area contributed by atoms with E-state index in [9.17, 15) is 9.00 Å². The van der Waals surface area contributed by atoms with Crippen molar-refractivity contribution in [2.45, 2.75) is 39.2 Å². The minimum absolute atomic E-state index is 0.110. The molecule has 18 heavy (non-hydrogen) atoms. The lowest BCUT2D eigenvalue weighted by molar-refractivity contribution is -0.0378. The predicted molar refractivity (Wildman–Crippen MR) is 70.1 cm³/mol. The highest BCUT2D eigenvalue weighted by atomic mass is 32.2. The molecule has 0 radical (unpaired) electrons. The number of carbonyl (C=O) groups is 1. The Bertz CT molecular complexity index is 428. The van der Waals surface area contributed by atoms with Gasteiger partial charge in [-0.15, -0.1) is 0 Å². The topological polar surface area (TPSA) is 70.5 Å². The van der Waals surface area contributed by atoms with E-state index in [0.29, 0.717) is 24.6 Å². The van der Waals surface area contributed by atoms with Crippen LogP contribution in [0.5, 0.6) is 0 Å². The van der Waals surface area contributed by atoms with Crippen LogP contribution < -0.4 is 0 Å². The molecule has 1 N–H and O–H groups in total. The van der Waals surface area contributed by atoms with Gasteiger partial charge in [0.15, 0.2) is 0 Å². The lowest BCUT2D eigenvalue weighted by Gasteiger charge is -2.52. The molecule has 0 unspecified atom stereocenters. The van der Waals surface area contributed by atoms with Crippen molar-refractivity contribution in [1.29, 1.82) is 4.78 Å². The Labute approximate surface area is 109 Å². The maximum Gasteiger partial charge on any atom is 0.410 e. The van der Waals surface area contributed by atoms with Crippen molar-refractivity contribution in [3.05, 3.63) is 0 Å². The van der Waals surface area contributed by atoms with Crippen molar-refractivity contribution in [1.82, 2.24) is 4.90 Å². The van der Waals surface area contributed by atoms with E-state index in [2.05, 4.69) is 0 Å². The number of nitrogens with one attached hydrogen (secondary N) is 1. The zero-order chi connectivity index (χ0) is 13.6. The first-order chi connectivity index (χ1) is 8.11. The van der Waals surface area contributed by atoms with Gasteiger partial charge in [0, 0.05) is 39.7 Å². The lowest BCUT2D eigenvalue weighted by atomic mass is 9.75. The van der Waals surface area contributed by atoms with Crippen molar-refractivity contribution in [2.75, 3.05) is 24.6 Å². The molecule has 0 saturated carbocycles. The molecule has 2 rings (SSSR count). The summed E-state index contributed by atoms with van der Waals surface area (Å²) in [6.45, 7) is 6.96. The van der Waals surface area contributed by atoms with E-state index in [1.807, 2.05) is 20.8 Å². The maximum absolute atomic E-state index is 11.8. The quantitative estimate of drug-likeness (QED) is 0.735. The highest BCUT2D eigenvalue weighted by Crippen LogP contribution is 2.41. The van der Waals surface area contributed by atoms with Gasteiger partial charge in [0.25, 0.3) is 0 Å². The number of likely N-dealkylation sites (tertiary alicyclic amines) is 1. The molecule has 2 fully saturated rings. The van der Waals surface area contributed by atoms with Gasteiger partial charge in [0.1, 0.15) is 5.60 Å². The smallest absolute Gasteiger partial charge is 0.410 e. The summed E-state index contributed by atoms with van der Waals surface area (Å²) in [5.74, 6) is 0.963. The van der Waals surface area contributed by atoms with Crippen LogP contribution in [0.1, 0.15) is 33.6 Å². The van der Waals surface area contributed by atoms with Crippen LogP contribution in [-0.2, 0) is 14.5 Å². The van der Waals surface area contributed by atoms with E-state index in [0.717, 1.165) is 12.8 Å². The summed E-state index contributed by atoms with van der Waals surface area (Å²) < 4.78 is 24.5. The fourth-order valence-corrected chi connectivity index (χ4v) is 4.25. The van der Waals surface area contributed by atoms with Crippen molar-refractivity contribution < 1.29 is 13.7 Å². The summed E-state index contributed by atoms with van der Waals surface area (Å²) in [7, 11) is -2.33. The fraction of sp³-hybridized carbons (Fsp3) is 0.917. The molecule has 0 aromatic rings. The second-order valence-corrected chi connectivity index (χ2v) is 9.00. The van der Waals surface area contributed by atoms with Gasteiger partial charge in [-0.25, -0.2) is 9.00 Å².